The van der Waals surface area contributed by atoms with Crippen molar-refractivity contribution >= 4 is 40.1 Å². The molecular weight excluding hydrogens is 306 g/mol. The van der Waals surface area contributed by atoms with Crippen LogP contribution in [0.25, 0.3) is 10.9 Å². The highest BCUT2D eigenvalue weighted by atomic mass is 35.5. The van der Waals surface area contributed by atoms with Crippen LogP contribution in [-0.2, 0) is 0 Å². The summed E-state index contributed by atoms with van der Waals surface area (Å²) in [6.45, 7) is 0. The van der Waals surface area contributed by atoms with Gasteiger partial charge in [0, 0.05) is 11.1 Å². The molecule has 3 N–H and O–H groups in total. The Labute approximate surface area is 129 Å². The van der Waals surface area contributed by atoms with Gasteiger partial charge in [0.05, 0.1) is 27.9 Å². The van der Waals surface area contributed by atoms with Gasteiger partial charge in [0.15, 0.2) is 0 Å². The summed E-state index contributed by atoms with van der Waals surface area (Å²) in [6, 6.07) is 9.50. The molecule has 7 heteroatoms. The largest absolute Gasteiger partial charge is 0.478 e. The number of benzene rings is 2. The molecule has 22 heavy (non-hydrogen) atoms. The van der Waals surface area contributed by atoms with E-state index in [1.807, 2.05) is 6.07 Å². The van der Waals surface area contributed by atoms with Crippen molar-refractivity contribution < 1.29 is 14.7 Å². The predicted octanol–water partition coefficient (Wildman–Crippen LogP) is 3.17. The molecule has 1 aromatic heterocycles. The van der Waals surface area contributed by atoms with Gasteiger partial charge in [0.1, 0.15) is 0 Å². The Hall–Kier alpha value is -2.86. The fourth-order valence-electron chi connectivity index (χ4n) is 2.12. The first-order valence-corrected chi connectivity index (χ1v) is 6.70. The number of carbonyl (C=O) groups is 2. The number of carboxylic acids is 1. The first-order valence-electron chi connectivity index (χ1n) is 6.32. The van der Waals surface area contributed by atoms with Crippen molar-refractivity contribution in [1.82, 2.24) is 10.2 Å². The number of amides is 1. The minimum Gasteiger partial charge on any atom is -0.478 e. The van der Waals surface area contributed by atoms with Crippen LogP contribution in [0.3, 0.4) is 0 Å². The normalized spacial score (nSPS) is 10.6. The Morgan fingerprint density at radius 3 is 2.73 bits per heavy atom. The number of carboxylic acid groups (broad SMARTS) is 1. The second-order valence-electron chi connectivity index (χ2n) is 4.59. The maximum absolute atomic E-state index is 12.3. The SMILES string of the molecule is O=C(O)c1ccc(NC(=O)c2cccc3cn[nH]c23)cc1Cl. The number of hydrogen-bond acceptors (Lipinski definition) is 3. The number of rotatable bonds is 3. The smallest absolute Gasteiger partial charge is 0.337 e. The van der Waals surface area contributed by atoms with Crippen molar-refractivity contribution in [3.8, 4) is 0 Å². The van der Waals surface area contributed by atoms with Gasteiger partial charge in [-0.2, -0.15) is 5.10 Å². The van der Waals surface area contributed by atoms with Gasteiger partial charge in [0.2, 0.25) is 0 Å². The van der Waals surface area contributed by atoms with E-state index in [-0.39, 0.29) is 16.5 Å². The number of aromatic nitrogens is 2. The highest BCUT2D eigenvalue weighted by molar-refractivity contribution is 6.33. The van der Waals surface area contributed by atoms with E-state index >= 15 is 0 Å². The summed E-state index contributed by atoms with van der Waals surface area (Å²) in [6.07, 6.45) is 1.63. The molecule has 0 spiro atoms. The number of carbonyl (C=O) groups excluding carboxylic acids is 1. The van der Waals surface area contributed by atoms with Gasteiger partial charge < -0.3 is 10.4 Å². The number of halogens is 1. The van der Waals surface area contributed by atoms with Gasteiger partial charge >= 0.3 is 5.97 Å². The third-order valence-electron chi connectivity index (χ3n) is 3.18. The number of aromatic amines is 1. The van der Waals surface area contributed by atoms with Crippen LogP contribution in [0.5, 0.6) is 0 Å². The minimum absolute atomic E-state index is 0.0182. The summed E-state index contributed by atoms with van der Waals surface area (Å²) in [4.78, 5) is 23.2. The topological polar surface area (TPSA) is 95.1 Å². The van der Waals surface area contributed by atoms with E-state index < -0.39 is 5.97 Å². The number of H-pyrrole nitrogens is 1. The van der Waals surface area contributed by atoms with Crippen LogP contribution in [-0.4, -0.2) is 27.2 Å². The summed E-state index contributed by atoms with van der Waals surface area (Å²) in [7, 11) is 0. The van der Waals surface area contributed by atoms with Gasteiger partial charge in [-0.1, -0.05) is 23.7 Å². The second kappa shape index (κ2) is 5.50. The molecule has 0 bridgehead atoms. The lowest BCUT2D eigenvalue weighted by Crippen LogP contribution is -2.12. The van der Waals surface area contributed by atoms with Crippen LogP contribution < -0.4 is 5.32 Å². The van der Waals surface area contributed by atoms with Crippen molar-refractivity contribution in [3.05, 3.63) is 58.7 Å². The number of nitrogens with one attached hydrogen (secondary N) is 2. The molecule has 0 aliphatic heterocycles. The standard InChI is InChI=1S/C15H10ClN3O3/c16-12-6-9(4-5-10(12)15(21)22)18-14(20)11-3-1-2-8-7-17-19-13(8)11/h1-7H,(H,17,19)(H,18,20)(H,21,22). The van der Waals surface area contributed by atoms with Gasteiger partial charge in [0.25, 0.3) is 5.91 Å². The molecule has 0 fully saturated rings. The Kier molecular flexibility index (Phi) is 3.52. The molecule has 1 amide bonds. The summed E-state index contributed by atoms with van der Waals surface area (Å²) in [5.74, 6) is -1.46. The van der Waals surface area contributed by atoms with Crippen LogP contribution in [0.15, 0.2) is 42.6 Å². The molecule has 0 aliphatic carbocycles. The molecule has 6 nitrogen and oxygen atoms in total. The van der Waals surface area contributed by atoms with Crippen molar-refractivity contribution in [3.63, 3.8) is 0 Å². The Balaban J connectivity index is 1.90. The molecule has 2 aromatic carbocycles. The van der Waals surface area contributed by atoms with Crippen molar-refractivity contribution in [2.24, 2.45) is 0 Å². The number of fused-ring (bicyclic) bond motifs is 1. The molecule has 0 aliphatic rings. The average Bonchev–Trinajstić information content (AvgIpc) is 2.95. The van der Waals surface area contributed by atoms with Crippen LogP contribution in [0.2, 0.25) is 5.02 Å². The third kappa shape index (κ3) is 2.51. The zero-order chi connectivity index (χ0) is 15.7. The second-order valence-corrected chi connectivity index (χ2v) is 5.00. The third-order valence-corrected chi connectivity index (χ3v) is 3.49. The lowest BCUT2D eigenvalue weighted by atomic mass is 10.1. The van der Waals surface area contributed by atoms with E-state index in [1.165, 1.54) is 18.2 Å². The summed E-state index contributed by atoms with van der Waals surface area (Å²) >= 11 is 5.88. The van der Waals surface area contributed by atoms with Crippen LogP contribution in [0.4, 0.5) is 5.69 Å². The van der Waals surface area contributed by atoms with E-state index in [0.717, 1.165) is 5.39 Å². The molecular formula is C15H10ClN3O3. The van der Waals surface area contributed by atoms with Gasteiger partial charge in [-0.3, -0.25) is 9.89 Å². The van der Waals surface area contributed by atoms with E-state index in [0.29, 0.717) is 16.8 Å². The lowest BCUT2D eigenvalue weighted by molar-refractivity contribution is 0.0697. The van der Waals surface area contributed by atoms with E-state index in [1.54, 1.807) is 18.3 Å². The Morgan fingerprint density at radius 1 is 1.18 bits per heavy atom. The van der Waals surface area contributed by atoms with Gasteiger partial charge in [-0.25, -0.2) is 4.79 Å². The van der Waals surface area contributed by atoms with Crippen molar-refractivity contribution in [1.29, 1.82) is 0 Å². The molecule has 0 atom stereocenters. The summed E-state index contributed by atoms with van der Waals surface area (Å²) in [5.41, 5.74) is 1.47. The predicted molar refractivity (Wildman–Crippen MR) is 82.5 cm³/mol. The molecule has 3 rings (SSSR count). The zero-order valence-electron chi connectivity index (χ0n) is 11.1. The average molecular weight is 316 g/mol. The molecule has 1 heterocycles. The zero-order valence-corrected chi connectivity index (χ0v) is 11.9. The van der Waals surface area contributed by atoms with E-state index in [2.05, 4.69) is 15.5 Å². The maximum atomic E-state index is 12.3. The first kappa shape index (κ1) is 14.1. The highest BCUT2D eigenvalue weighted by Crippen LogP contribution is 2.22. The van der Waals surface area contributed by atoms with Crippen LogP contribution >= 0.6 is 11.6 Å². The number of aromatic carboxylic acids is 1. The van der Waals surface area contributed by atoms with Crippen LogP contribution in [0.1, 0.15) is 20.7 Å². The lowest BCUT2D eigenvalue weighted by Gasteiger charge is -2.07. The maximum Gasteiger partial charge on any atom is 0.337 e. The summed E-state index contributed by atoms with van der Waals surface area (Å²) < 4.78 is 0. The fourth-order valence-corrected chi connectivity index (χ4v) is 2.38. The summed E-state index contributed by atoms with van der Waals surface area (Å²) in [5, 5.41) is 19.2. The molecule has 0 unspecified atom stereocenters. The van der Waals surface area contributed by atoms with E-state index in [9.17, 15) is 9.59 Å². The minimum atomic E-state index is -1.12. The van der Waals surface area contributed by atoms with Crippen LogP contribution in [0, 0.1) is 0 Å². The van der Waals surface area contributed by atoms with Gasteiger partial charge in [-0.05, 0) is 24.3 Å². The number of hydrogen-bond donors (Lipinski definition) is 3. The number of nitrogens with zero attached hydrogens (tertiary/aromatic N) is 1. The van der Waals surface area contributed by atoms with Gasteiger partial charge in [-0.15, -0.1) is 0 Å². The molecule has 0 saturated carbocycles. The first-order chi connectivity index (χ1) is 10.6. The van der Waals surface area contributed by atoms with Crippen molar-refractivity contribution in [2.45, 2.75) is 0 Å². The fraction of sp³-hybridized carbons (Fsp3) is 0. The number of para-hydroxylation sites is 1. The Morgan fingerprint density at radius 2 is 2.00 bits per heavy atom. The number of anilines is 1. The Bertz CT molecular complexity index is 889. The van der Waals surface area contributed by atoms with E-state index in [4.69, 9.17) is 16.7 Å². The monoisotopic (exact) mass is 315 g/mol. The molecule has 110 valence electrons. The van der Waals surface area contributed by atoms with Crippen molar-refractivity contribution in [2.75, 3.05) is 5.32 Å². The highest BCUT2D eigenvalue weighted by Gasteiger charge is 2.13. The molecule has 3 aromatic rings. The quantitative estimate of drug-likeness (QED) is 0.691. The molecule has 0 saturated heterocycles. The molecule has 0 radical (unpaired) electrons.